The third-order valence-electron chi connectivity index (χ3n) is 6.87. The number of ether oxygens (including phenoxy) is 3. The maximum absolute atomic E-state index is 12.8. The lowest BCUT2D eigenvalue weighted by atomic mass is 10.1. The van der Waals surface area contributed by atoms with E-state index in [1.54, 1.807) is 31.8 Å². The molecule has 2 aromatic heterocycles. The number of rotatable bonds is 10. The fourth-order valence-corrected chi connectivity index (χ4v) is 4.63. The summed E-state index contributed by atoms with van der Waals surface area (Å²) in [4.78, 5) is 30.0. The van der Waals surface area contributed by atoms with Gasteiger partial charge in [-0.2, -0.15) is 0 Å². The van der Waals surface area contributed by atoms with Crippen molar-refractivity contribution in [1.82, 2.24) is 19.4 Å². The number of aliphatic hydroxyl groups is 1. The van der Waals surface area contributed by atoms with Gasteiger partial charge in [-0.3, -0.25) is 14.9 Å². The van der Waals surface area contributed by atoms with Gasteiger partial charge in [-0.05, 0) is 44.5 Å². The number of methoxy groups -OCH3 is 1. The highest BCUT2D eigenvalue weighted by Crippen LogP contribution is 2.29. The predicted molar refractivity (Wildman–Crippen MR) is 139 cm³/mol. The molecular formula is C27H36N4O6. The fourth-order valence-electron chi connectivity index (χ4n) is 4.63. The Labute approximate surface area is 216 Å². The Morgan fingerprint density at radius 2 is 2.11 bits per heavy atom. The molecule has 1 aliphatic rings. The van der Waals surface area contributed by atoms with Crippen molar-refractivity contribution in [2.24, 2.45) is 7.05 Å². The van der Waals surface area contributed by atoms with Gasteiger partial charge in [0, 0.05) is 44.4 Å². The second-order valence-electron chi connectivity index (χ2n) is 9.71. The number of nitrogens with one attached hydrogen (secondary N) is 1. The van der Waals surface area contributed by atoms with Gasteiger partial charge in [0.2, 0.25) is 0 Å². The second kappa shape index (κ2) is 11.6. The van der Waals surface area contributed by atoms with E-state index in [9.17, 15) is 14.7 Å². The van der Waals surface area contributed by atoms with Gasteiger partial charge in [0.1, 0.15) is 18.0 Å². The molecule has 3 aromatic rings. The van der Waals surface area contributed by atoms with Crippen molar-refractivity contribution in [2.45, 2.75) is 58.0 Å². The second-order valence-corrected chi connectivity index (χ2v) is 9.71. The van der Waals surface area contributed by atoms with Crippen LogP contribution in [0.3, 0.4) is 0 Å². The number of hydrogen-bond acceptors (Lipinski definition) is 8. The molecule has 0 aliphatic carbocycles. The Kier molecular flexibility index (Phi) is 8.43. The number of fused-ring (bicyclic) bond motifs is 1. The normalized spacial score (nSPS) is 18.2. The van der Waals surface area contributed by atoms with Gasteiger partial charge in [0.25, 0.3) is 5.56 Å². The van der Waals surface area contributed by atoms with E-state index < -0.39 is 6.04 Å². The molecule has 4 unspecified atom stereocenters. The summed E-state index contributed by atoms with van der Waals surface area (Å²) in [6.07, 6.45) is 1.84. The van der Waals surface area contributed by atoms with Crippen molar-refractivity contribution in [1.29, 1.82) is 0 Å². The number of esters is 1. The van der Waals surface area contributed by atoms with Gasteiger partial charge in [0.05, 0.1) is 43.0 Å². The lowest BCUT2D eigenvalue weighted by molar-refractivity contribution is -0.155. The summed E-state index contributed by atoms with van der Waals surface area (Å²) >= 11 is 0. The van der Waals surface area contributed by atoms with E-state index in [-0.39, 0.29) is 36.4 Å². The van der Waals surface area contributed by atoms with Crippen LogP contribution in [0.1, 0.15) is 37.4 Å². The molecule has 0 saturated carbocycles. The van der Waals surface area contributed by atoms with Crippen LogP contribution < -0.4 is 10.9 Å². The van der Waals surface area contributed by atoms with E-state index in [2.05, 4.69) is 5.32 Å². The maximum Gasteiger partial charge on any atom is 0.326 e. The maximum atomic E-state index is 12.8. The average Bonchev–Trinajstić information content (AvgIpc) is 3.53. The van der Waals surface area contributed by atoms with Gasteiger partial charge in [0.15, 0.2) is 0 Å². The minimum absolute atomic E-state index is 0.0583. The molecule has 0 spiro atoms. The summed E-state index contributed by atoms with van der Waals surface area (Å²) in [7, 11) is 3.28. The SMILES string of the molecule is COC(C)C(NCc1ccc2c(c1)nc(-c1cc(C)c(=O)n(C)c1)n2C(C)CO)C(=O)OC1CCOC1. The van der Waals surface area contributed by atoms with Crippen molar-refractivity contribution in [2.75, 3.05) is 26.9 Å². The topological polar surface area (TPSA) is 117 Å². The highest BCUT2D eigenvalue weighted by molar-refractivity contribution is 5.82. The molecule has 0 amide bonds. The quantitative estimate of drug-likeness (QED) is 0.397. The number of pyridine rings is 1. The van der Waals surface area contributed by atoms with Gasteiger partial charge < -0.3 is 28.5 Å². The standard InChI is InChI=1S/C27H36N4O6/c1-16-10-20(13-30(4)26(16)33)25-29-22-11-19(6-7-23(22)31(25)17(2)14-32)12-28-24(18(3)35-5)27(34)37-21-8-9-36-15-21/h6-7,10-11,13,17-18,21,24,28,32H,8-9,12,14-15H2,1-5H3. The van der Waals surface area contributed by atoms with Crippen LogP contribution in [0.4, 0.5) is 0 Å². The smallest absolute Gasteiger partial charge is 0.326 e. The van der Waals surface area contributed by atoms with Crippen molar-refractivity contribution >= 4 is 17.0 Å². The number of aliphatic hydroxyl groups excluding tert-OH is 1. The zero-order valence-corrected chi connectivity index (χ0v) is 22.1. The first-order chi connectivity index (χ1) is 17.7. The van der Waals surface area contributed by atoms with E-state index in [0.29, 0.717) is 37.6 Å². The Balaban J connectivity index is 1.62. The zero-order valence-electron chi connectivity index (χ0n) is 22.1. The minimum atomic E-state index is -0.641. The lowest BCUT2D eigenvalue weighted by Gasteiger charge is -2.24. The zero-order chi connectivity index (χ0) is 26.7. The summed E-state index contributed by atoms with van der Waals surface area (Å²) in [5.41, 5.74) is 3.91. The number of aryl methyl sites for hydroxylation is 2. The number of hydrogen-bond donors (Lipinski definition) is 2. The van der Waals surface area contributed by atoms with Gasteiger partial charge in [-0.15, -0.1) is 0 Å². The number of carbonyl (C=O) groups is 1. The Hall–Kier alpha value is -3.05. The molecule has 1 aliphatic heterocycles. The molecule has 10 heteroatoms. The molecule has 200 valence electrons. The van der Waals surface area contributed by atoms with E-state index in [0.717, 1.165) is 22.2 Å². The van der Waals surface area contributed by atoms with E-state index in [1.165, 1.54) is 0 Å². The van der Waals surface area contributed by atoms with E-state index in [1.807, 2.05) is 42.7 Å². The molecule has 4 atom stereocenters. The van der Waals surface area contributed by atoms with Crippen LogP contribution in [0.15, 0.2) is 35.3 Å². The van der Waals surface area contributed by atoms with Gasteiger partial charge in [-0.1, -0.05) is 6.07 Å². The third-order valence-corrected chi connectivity index (χ3v) is 6.87. The molecule has 1 fully saturated rings. The largest absolute Gasteiger partial charge is 0.459 e. The molecule has 2 N–H and O–H groups in total. The summed E-state index contributed by atoms with van der Waals surface area (Å²) in [5.74, 6) is 0.313. The van der Waals surface area contributed by atoms with Gasteiger partial charge >= 0.3 is 5.97 Å². The van der Waals surface area contributed by atoms with Crippen LogP contribution in [0.25, 0.3) is 22.4 Å². The molecule has 0 bridgehead atoms. The summed E-state index contributed by atoms with van der Waals surface area (Å²) < 4.78 is 19.9. The monoisotopic (exact) mass is 512 g/mol. The Morgan fingerprint density at radius 1 is 1.32 bits per heavy atom. The lowest BCUT2D eigenvalue weighted by Crippen LogP contribution is -2.47. The number of benzene rings is 1. The van der Waals surface area contributed by atoms with Crippen LogP contribution in [0.2, 0.25) is 0 Å². The third kappa shape index (κ3) is 5.77. The van der Waals surface area contributed by atoms with Crippen LogP contribution in [0.5, 0.6) is 0 Å². The summed E-state index contributed by atoms with van der Waals surface area (Å²) in [5, 5.41) is 13.2. The molecule has 10 nitrogen and oxygen atoms in total. The Bertz CT molecular complexity index is 1280. The molecule has 1 saturated heterocycles. The highest BCUT2D eigenvalue weighted by atomic mass is 16.6. The van der Waals surface area contributed by atoms with Crippen LogP contribution in [-0.4, -0.2) is 70.4 Å². The predicted octanol–water partition coefficient (Wildman–Crippen LogP) is 2.09. The highest BCUT2D eigenvalue weighted by Gasteiger charge is 2.30. The Morgan fingerprint density at radius 3 is 2.76 bits per heavy atom. The molecular weight excluding hydrogens is 476 g/mol. The van der Waals surface area contributed by atoms with Crippen molar-refractivity contribution in [3.63, 3.8) is 0 Å². The molecule has 37 heavy (non-hydrogen) atoms. The molecule has 3 heterocycles. The first kappa shape index (κ1) is 27.0. The van der Waals surface area contributed by atoms with Crippen LogP contribution in [-0.2, 0) is 32.6 Å². The van der Waals surface area contributed by atoms with Gasteiger partial charge in [-0.25, -0.2) is 4.98 Å². The fraction of sp³-hybridized carbons (Fsp3) is 0.519. The van der Waals surface area contributed by atoms with Crippen molar-refractivity contribution < 1.29 is 24.1 Å². The molecule has 4 rings (SSSR count). The number of carbonyl (C=O) groups excluding carboxylic acids is 1. The van der Waals surface area contributed by atoms with Crippen LogP contribution >= 0.6 is 0 Å². The molecule has 0 radical (unpaired) electrons. The summed E-state index contributed by atoms with van der Waals surface area (Å²) in [6, 6.07) is 6.86. The van der Waals surface area contributed by atoms with Crippen molar-refractivity contribution in [3.8, 4) is 11.4 Å². The first-order valence-electron chi connectivity index (χ1n) is 12.6. The van der Waals surface area contributed by atoms with E-state index >= 15 is 0 Å². The average molecular weight is 513 g/mol. The number of aromatic nitrogens is 3. The van der Waals surface area contributed by atoms with Crippen molar-refractivity contribution in [3.05, 3.63) is 51.9 Å². The minimum Gasteiger partial charge on any atom is -0.459 e. The summed E-state index contributed by atoms with van der Waals surface area (Å²) in [6.45, 7) is 6.89. The number of imidazole rings is 1. The van der Waals surface area contributed by atoms with Crippen LogP contribution in [0, 0.1) is 6.92 Å². The number of nitrogens with zero attached hydrogens (tertiary/aromatic N) is 3. The molecule has 1 aromatic carbocycles. The van der Waals surface area contributed by atoms with E-state index in [4.69, 9.17) is 19.2 Å². The first-order valence-corrected chi connectivity index (χ1v) is 12.6.